The van der Waals surface area contributed by atoms with E-state index in [1.165, 1.54) is 12.3 Å². The summed E-state index contributed by atoms with van der Waals surface area (Å²) in [7, 11) is -3.71. The number of hydrogen-bond donors (Lipinski definition) is 2. The maximum Gasteiger partial charge on any atom is 0.268 e. The molecule has 1 aromatic heterocycles. The van der Waals surface area contributed by atoms with Crippen molar-refractivity contribution in [3.05, 3.63) is 47.3 Å². The van der Waals surface area contributed by atoms with E-state index in [0.29, 0.717) is 18.4 Å². The smallest absolute Gasteiger partial charge is 0.268 e. The summed E-state index contributed by atoms with van der Waals surface area (Å²) in [6, 6.07) is 8.48. The molecule has 0 saturated heterocycles. The third kappa shape index (κ3) is 2.81. The Morgan fingerprint density at radius 2 is 2.00 bits per heavy atom. The Kier molecular flexibility index (Phi) is 3.73. The van der Waals surface area contributed by atoms with Gasteiger partial charge in [0.05, 0.1) is 15.9 Å². The molecular formula is C17H17N3O3S. The molecule has 1 fully saturated rings. The molecule has 0 spiro atoms. The van der Waals surface area contributed by atoms with Crippen molar-refractivity contribution in [1.29, 1.82) is 5.26 Å². The number of nitriles is 1. The first-order chi connectivity index (χ1) is 11.3. The lowest BCUT2D eigenvalue weighted by Gasteiger charge is -2.07. The van der Waals surface area contributed by atoms with Crippen molar-refractivity contribution >= 4 is 15.7 Å². The molecule has 1 amide bonds. The second kappa shape index (κ2) is 5.49. The molecule has 0 bridgehead atoms. The van der Waals surface area contributed by atoms with Gasteiger partial charge in [-0.3, -0.25) is 4.79 Å². The Hall–Kier alpha value is -2.59. The predicted molar refractivity (Wildman–Crippen MR) is 87.2 cm³/mol. The average molecular weight is 343 g/mol. The number of carbonyl (C=O) groups is 1. The van der Waals surface area contributed by atoms with E-state index in [9.17, 15) is 13.2 Å². The Morgan fingerprint density at radius 1 is 1.29 bits per heavy atom. The second-order valence-electron chi connectivity index (χ2n) is 6.17. The second-order valence-corrected chi connectivity index (χ2v) is 8.09. The quantitative estimate of drug-likeness (QED) is 0.888. The van der Waals surface area contributed by atoms with Gasteiger partial charge < -0.3 is 10.3 Å². The predicted octanol–water partition coefficient (Wildman–Crippen LogP) is 2.25. The van der Waals surface area contributed by atoms with Crippen LogP contribution in [0.5, 0.6) is 0 Å². The number of amides is 1. The van der Waals surface area contributed by atoms with E-state index in [4.69, 9.17) is 5.26 Å². The highest BCUT2D eigenvalue weighted by molar-refractivity contribution is 7.91. The first-order valence-electron chi connectivity index (χ1n) is 7.52. The summed E-state index contributed by atoms with van der Waals surface area (Å²) in [4.78, 5) is 15.1. The summed E-state index contributed by atoms with van der Waals surface area (Å²) < 4.78 is 25.5. The van der Waals surface area contributed by atoms with Gasteiger partial charge in [0, 0.05) is 6.20 Å². The lowest BCUT2D eigenvalue weighted by molar-refractivity contribution is 0.0937. The number of aromatic amines is 1. The molecule has 0 unspecified atom stereocenters. The van der Waals surface area contributed by atoms with Gasteiger partial charge in [0.2, 0.25) is 9.84 Å². The van der Waals surface area contributed by atoms with E-state index in [1.54, 1.807) is 25.1 Å². The number of hydrogen-bond acceptors (Lipinski definition) is 4. The standard InChI is InChI=1S/C17H17N3O3S/c1-11-3-4-15(12(2)7-11)24(22,23)13-8-14(19-9-13)16(21)20-17(10-18)5-6-17/h3-4,7-9,19H,5-6H2,1-2H3,(H,20,21). The van der Waals surface area contributed by atoms with Crippen molar-refractivity contribution in [2.24, 2.45) is 0 Å². The fourth-order valence-corrected chi connectivity index (χ4v) is 4.03. The summed E-state index contributed by atoms with van der Waals surface area (Å²) >= 11 is 0. The molecule has 2 N–H and O–H groups in total. The van der Waals surface area contributed by atoms with Crippen LogP contribution in [0.15, 0.2) is 40.3 Å². The Balaban J connectivity index is 1.89. The molecule has 0 atom stereocenters. The first-order valence-corrected chi connectivity index (χ1v) is 9.00. The molecule has 124 valence electrons. The number of aromatic nitrogens is 1. The average Bonchev–Trinajstić information content (AvgIpc) is 3.10. The van der Waals surface area contributed by atoms with Crippen molar-refractivity contribution < 1.29 is 13.2 Å². The summed E-state index contributed by atoms with van der Waals surface area (Å²) in [5.74, 6) is -0.476. The van der Waals surface area contributed by atoms with Crippen molar-refractivity contribution in [2.45, 2.75) is 42.0 Å². The van der Waals surface area contributed by atoms with Crippen LogP contribution in [0.3, 0.4) is 0 Å². The summed E-state index contributed by atoms with van der Waals surface area (Å²) in [5, 5.41) is 11.6. The van der Waals surface area contributed by atoms with Gasteiger partial charge in [0.25, 0.3) is 5.91 Å². The lowest BCUT2D eigenvalue weighted by atomic mass is 10.2. The van der Waals surface area contributed by atoms with Gasteiger partial charge in [0.1, 0.15) is 11.2 Å². The van der Waals surface area contributed by atoms with Gasteiger partial charge in [-0.2, -0.15) is 5.26 Å². The minimum atomic E-state index is -3.71. The van der Waals surface area contributed by atoms with E-state index in [2.05, 4.69) is 16.4 Å². The molecule has 24 heavy (non-hydrogen) atoms. The summed E-state index contributed by atoms with van der Waals surface area (Å²) in [6.07, 6.45) is 2.53. The van der Waals surface area contributed by atoms with Crippen molar-refractivity contribution in [3.8, 4) is 6.07 Å². The number of H-pyrrole nitrogens is 1. The van der Waals surface area contributed by atoms with Crippen molar-refractivity contribution in [2.75, 3.05) is 0 Å². The summed E-state index contributed by atoms with van der Waals surface area (Å²) in [6.45, 7) is 3.63. The van der Waals surface area contributed by atoms with Gasteiger partial charge in [-0.1, -0.05) is 17.7 Å². The van der Waals surface area contributed by atoms with Crippen LogP contribution in [-0.2, 0) is 9.84 Å². The molecule has 0 radical (unpaired) electrons. The van der Waals surface area contributed by atoms with Crippen LogP contribution in [0.1, 0.15) is 34.5 Å². The SMILES string of the molecule is Cc1ccc(S(=O)(=O)c2c[nH]c(C(=O)NC3(C#N)CC3)c2)c(C)c1. The third-order valence-corrected chi connectivity index (χ3v) is 6.04. The Morgan fingerprint density at radius 3 is 2.58 bits per heavy atom. The molecule has 7 heteroatoms. The Labute approximate surface area is 140 Å². The number of benzene rings is 1. The molecule has 1 heterocycles. The van der Waals surface area contributed by atoms with E-state index < -0.39 is 21.3 Å². The molecule has 1 saturated carbocycles. The number of nitrogens with one attached hydrogen (secondary N) is 2. The normalized spacial score (nSPS) is 15.5. The molecule has 1 aliphatic rings. The zero-order valence-corrected chi connectivity index (χ0v) is 14.2. The highest BCUT2D eigenvalue weighted by Gasteiger charge is 2.45. The number of nitrogens with zero attached hydrogens (tertiary/aromatic N) is 1. The van der Waals surface area contributed by atoms with E-state index in [0.717, 1.165) is 5.56 Å². The van der Waals surface area contributed by atoms with Gasteiger partial charge in [-0.05, 0) is 44.4 Å². The first kappa shape index (κ1) is 16.3. The molecular weight excluding hydrogens is 326 g/mol. The molecule has 6 nitrogen and oxygen atoms in total. The topological polar surface area (TPSA) is 103 Å². The molecule has 0 aliphatic heterocycles. The van der Waals surface area contributed by atoms with Gasteiger partial charge >= 0.3 is 0 Å². The van der Waals surface area contributed by atoms with Crippen LogP contribution in [0.25, 0.3) is 0 Å². The highest BCUT2D eigenvalue weighted by atomic mass is 32.2. The highest BCUT2D eigenvalue weighted by Crippen LogP contribution is 2.34. The maximum atomic E-state index is 12.8. The number of rotatable bonds is 4. The van der Waals surface area contributed by atoms with E-state index >= 15 is 0 Å². The number of carbonyl (C=O) groups excluding carboxylic acids is 1. The van der Waals surface area contributed by atoms with Gasteiger partial charge in [-0.15, -0.1) is 0 Å². The van der Waals surface area contributed by atoms with Crippen molar-refractivity contribution in [3.63, 3.8) is 0 Å². The van der Waals surface area contributed by atoms with Crippen LogP contribution >= 0.6 is 0 Å². The van der Waals surface area contributed by atoms with Crippen LogP contribution in [-0.4, -0.2) is 24.8 Å². The molecule has 2 aromatic rings. The Bertz CT molecular complexity index is 963. The molecule has 1 aliphatic carbocycles. The fraction of sp³-hybridized carbons (Fsp3) is 0.294. The van der Waals surface area contributed by atoms with Gasteiger partial charge in [0.15, 0.2) is 0 Å². The number of sulfone groups is 1. The van der Waals surface area contributed by atoms with Crippen molar-refractivity contribution in [1.82, 2.24) is 10.3 Å². The monoisotopic (exact) mass is 343 g/mol. The van der Waals surface area contributed by atoms with Gasteiger partial charge in [-0.25, -0.2) is 8.42 Å². The molecule has 3 rings (SSSR count). The minimum Gasteiger partial charge on any atom is -0.356 e. The maximum absolute atomic E-state index is 12.8. The molecule has 1 aromatic carbocycles. The van der Waals surface area contributed by atoms with Crippen LogP contribution in [0.4, 0.5) is 0 Å². The van der Waals surface area contributed by atoms with E-state index in [1.807, 2.05) is 6.92 Å². The fourth-order valence-electron chi connectivity index (χ4n) is 2.56. The van der Waals surface area contributed by atoms with E-state index in [-0.39, 0.29) is 15.5 Å². The lowest BCUT2D eigenvalue weighted by Crippen LogP contribution is -2.35. The zero-order chi connectivity index (χ0) is 17.5. The zero-order valence-electron chi connectivity index (χ0n) is 13.4. The van der Waals surface area contributed by atoms with Crippen LogP contribution < -0.4 is 5.32 Å². The summed E-state index contributed by atoms with van der Waals surface area (Å²) in [5.41, 5.74) is 0.963. The third-order valence-electron chi connectivity index (χ3n) is 4.15. The number of aryl methyl sites for hydroxylation is 2. The minimum absolute atomic E-state index is 0.0291. The largest absolute Gasteiger partial charge is 0.356 e. The van der Waals surface area contributed by atoms with Crippen LogP contribution in [0, 0.1) is 25.2 Å². The van der Waals surface area contributed by atoms with Crippen LogP contribution in [0.2, 0.25) is 0 Å².